The molecule has 1 aromatic rings. The normalized spacial score (nSPS) is 12.2. The van der Waals surface area contributed by atoms with Crippen LogP contribution in [0, 0.1) is 5.82 Å². The zero-order valence-corrected chi connectivity index (χ0v) is 8.75. The Labute approximate surface area is 87.9 Å². The number of nitrogens with one attached hydrogen (secondary N) is 1. The van der Waals surface area contributed by atoms with Crippen LogP contribution in [-0.4, -0.2) is 17.1 Å². The van der Waals surface area contributed by atoms with E-state index in [0.29, 0.717) is 0 Å². The van der Waals surface area contributed by atoms with E-state index in [9.17, 15) is 9.18 Å². The molecule has 3 nitrogen and oxygen atoms in total. The van der Waals surface area contributed by atoms with Crippen molar-refractivity contribution in [3.63, 3.8) is 0 Å². The van der Waals surface area contributed by atoms with Gasteiger partial charge in [0.05, 0.1) is 11.3 Å². The Morgan fingerprint density at radius 1 is 1.60 bits per heavy atom. The van der Waals surface area contributed by atoms with E-state index in [1.54, 1.807) is 0 Å². The van der Waals surface area contributed by atoms with Gasteiger partial charge in [-0.2, -0.15) is 0 Å². The Hall–Kier alpha value is -1.58. The first kappa shape index (κ1) is 11.5. The largest absolute Gasteiger partial charge is 0.478 e. The van der Waals surface area contributed by atoms with Gasteiger partial charge < -0.3 is 10.4 Å². The molecule has 2 N–H and O–H groups in total. The SMILES string of the molecule is CCC(C)Nc1c(F)cccc1C(=O)O. The highest BCUT2D eigenvalue weighted by atomic mass is 19.1. The highest BCUT2D eigenvalue weighted by Gasteiger charge is 2.14. The van der Waals surface area contributed by atoms with Crippen molar-refractivity contribution in [3.8, 4) is 0 Å². The third kappa shape index (κ3) is 2.68. The van der Waals surface area contributed by atoms with Crippen LogP contribution in [0.5, 0.6) is 0 Å². The molecule has 15 heavy (non-hydrogen) atoms. The minimum absolute atomic E-state index is 0.0321. The molecule has 0 fully saturated rings. The lowest BCUT2D eigenvalue weighted by molar-refractivity contribution is 0.0697. The molecule has 1 aromatic carbocycles. The zero-order chi connectivity index (χ0) is 11.4. The maximum atomic E-state index is 13.4. The fraction of sp³-hybridized carbons (Fsp3) is 0.364. The summed E-state index contributed by atoms with van der Waals surface area (Å²) in [5.41, 5.74) is 0.0367. The summed E-state index contributed by atoms with van der Waals surface area (Å²) in [6.07, 6.45) is 0.799. The van der Waals surface area contributed by atoms with E-state index in [0.717, 1.165) is 6.42 Å². The molecule has 0 aromatic heterocycles. The molecule has 1 unspecified atom stereocenters. The van der Waals surface area contributed by atoms with Crippen LogP contribution < -0.4 is 5.32 Å². The Bertz CT molecular complexity index is 366. The van der Waals surface area contributed by atoms with E-state index in [-0.39, 0.29) is 17.3 Å². The maximum absolute atomic E-state index is 13.4. The fourth-order valence-corrected chi connectivity index (χ4v) is 1.20. The number of carboxylic acid groups (broad SMARTS) is 1. The molecule has 82 valence electrons. The van der Waals surface area contributed by atoms with Gasteiger partial charge in [0.2, 0.25) is 0 Å². The summed E-state index contributed by atoms with van der Waals surface area (Å²) < 4.78 is 13.4. The van der Waals surface area contributed by atoms with Gasteiger partial charge in [-0.1, -0.05) is 13.0 Å². The molecule has 1 atom stereocenters. The predicted octanol–water partition coefficient (Wildman–Crippen LogP) is 2.73. The Kier molecular flexibility index (Phi) is 3.66. The molecule has 0 amide bonds. The second-order valence-corrected chi connectivity index (χ2v) is 3.42. The average molecular weight is 211 g/mol. The molecule has 0 aliphatic heterocycles. The fourth-order valence-electron chi connectivity index (χ4n) is 1.20. The summed E-state index contributed by atoms with van der Waals surface area (Å²) >= 11 is 0. The van der Waals surface area contributed by atoms with E-state index in [2.05, 4.69) is 5.32 Å². The van der Waals surface area contributed by atoms with Gasteiger partial charge in [-0.05, 0) is 25.5 Å². The quantitative estimate of drug-likeness (QED) is 0.805. The first-order chi connectivity index (χ1) is 7.06. The monoisotopic (exact) mass is 211 g/mol. The van der Waals surface area contributed by atoms with Gasteiger partial charge in [0.1, 0.15) is 5.82 Å². The first-order valence-corrected chi connectivity index (χ1v) is 4.84. The molecule has 0 saturated heterocycles. The molecule has 0 bridgehead atoms. The minimum atomic E-state index is -1.12. The summed E-state index contributed by atoms with van der Waals surface area (Å²) in [7, 11) is 0. The van der Waals surface area contributed by atoms with Gasteiger partial charge in [0.15, 0.2) is 0 Å². The maximum Gasteiger partial charge on any atom is 0.337 e. The van der Waals surface area contributed by atoms with Crippen molar-refractivity contribution in [2.24, 2.45) is 0 Å². The molecule has 0 heterocycles. The van der Waals surface area contributed by atoms with Gasteiger partial charge in [-0.15, -0.1) is 0 Å². The summed E-state index contributed by atoms with van der Waals surface area (Å²) in [5.74, 6) is -1.66. The van der Waals surface area contributed by atoms with Crippen molar-refractivity contribution in [1.82, 2.24) is 0 Å². The third-order valence-electron chi connectivity index (χ3n) is 2.25. The van der Waals surface area contributed by atoms with Crippen molar-refractivity contribution >= 4 is 11.7 Å². The van der Waals surface area contributed by atoms with Gasteiger partial charge in [-0.25, -0.2) is 9.18 Å². The molecular formula is C11H14FNO2. The summed E-state index contributed by atoms with van der Waals surface area (Å²) in [6, 6.07) is 4.06. The topological polar surface area (TPSA) is 49.3 Å². The van der Waals surface area contributed by atoms with E-state index in [1.807, 2.05) is 13.8 Å². The second kappa shape index (κ2) is 4.77. The van der Waals surface area contributed by atoms with Crippen LogP contribution in [0.25, 0.3) is 0 Å². The molecule has 0 radical (unpaired) electrons. The van der Waals surface area contributed by atoms with Gasteiger partial charge in [-0.3, -0.25) is 0 Å². The number of para-hydroxylation sites is 1. The lowest BCUT2D eigenvalue weighted by Crippen LogP contribution is -2.17. The molecule has 0 aliphatic carbocycles. The van der Waals surface area contributed by atoms with E-state index >= 15 is 0 Å². The van der Waals surface area contributed by atoms with Gasteiger partial charge in [0.25, 0.3) is 0 Å². The highest BCUT2D eigenvalue weighted by Crippen LogP contribution is 2.21. The van der Waals surface area contributed by atoms with Crippen LogP contribution in [0.15, 0.2) is 18.2 Å². The van der Waals surface area contributed by atoms with Crippen LogP contribution in [0.4, 0.5) is 10.1 Å². The number of benzene rings is 1. The molecule has 0 spiro atoms. The standard InChI is InChI=1S/C11H14FNO2/c1-3-7(2)13-10-8(11(14)15)5-4-6-9(10)12/h4-7,13H,3H2,1-2H3,(H,14,15). The summed E-state index contributed by atoms with van der Waals surface area (Å²) in [4.78, 5) is 10.8. The number of carboxylic acids is 1. The van der Waals surface area contributed by atoms with Crippen molar-refractivity contribution < 1.29 is 14.3 Å². The molecule has 4 heteroatoms. The third-order valence-corrected chi connectivity index (χ3v) is 2.25. The van der Waals surface area contributed by atoms with Crippen LogP contribution >= 0.6 is 0 Å². The highest BCUT2D eigenvalue weighted by molar-refractivity contribution is 5.94. The number of anilines is 1. The Morgan fingerprint density at radius 3 is 2.80 bits per heavy atom. The number of rotatable bonds is 4. The lowest BCUT2D eigenvalue weighted by atomic mass is 10.1. The van der Waals surface area contributed by atoms with Crippen LogP contribution in [0.1, 0.15) is 30.6 Å². The summed E-state index contributed by atoms with van der Waals surface area (Å²) in [6.45, 7) is 3.82. The van der Waals surface area contributed by atoms with E-state index in [1.165, 1.54) is 18.2 Å². The number of carbonyl (C=O) groups is 1. The van der Waals surface area contributed by atoms with Gasteiger partial charge in [0, 0.05) is 6.04 Å². The van der Waals surface area contributed by atoms with E-state index in [4.69, 9.17) is 5.11 Å². The van der Waals surface area contributed by atoms with Crippen molar-refractivity contribution in [1.29, 1.82) is 0 Å². The van der Waals surface area contributed by atoms with Gasteiger partial charge >= 0.3 is 5.97 Å². The summed E-state index contributed by atoms with van der Waals surface area (Å²) in [5, 5.41) is 11.7. The van der Waals surface area contributed by atoms with Crippen molar-refractivity contribution in [2.45, 2.75) is 26.3 Å². The number of hydrogen-bond acceptors (Lipinski definition) is 2. The lowest BCUT2D eigenvalue weighted by Gasteiger charge is -2.15. The molecule has 0 saturated carbocycles. The minimum Gasteiger partial charge on any atom is -0.478 e. The van der Waals surface area contributed by atoms with Crippen molar-refractivity contribution in [2.75, 3.05) is 5.32 Å². The zero-order valence-electron chi connectivity index (χ0n) is 8.75. The van der Waals surface area contributed by atoms with Crippen molar-refractivity contribution in [3.05, 3.63) is 29.6 Å². The number of aromatic carboxylic acids is 1. The molecular weight excluding hydrogens is 197 g/mol. The van der Waals surface area contributed by atoms with E-state index < -0.39 is 11.8 Å². The second-order valence-electron chi connectivity index (χ2n) is 3.42. The molecule has 0 aliphatic rings. The van der Waals surface area contributed by atoms with Crippen LogP contribution in [-0.2, 0) is 0 Å². The van der Waals surface area contributed by atoms with Crippen LogP contribution in [0.3, 0.4) is 0 Å². The Balaban J connectivity index is 3.07. The predicted molar refractivity (Wildman–Crippen MR) is 56.7 cm³/mol. The first-order valence-electron chi connectivity index (χ1n) is 4.84. The van der Waals surface area contributed by atoms with Crippen LogP contribution in [0.2, 0.25) is 0 Å². The Morgan fingerprint density at radius 2 is 2.27 bits per heavy atom. The molecule has 1 rings (SSSR count). The average Bonchev–Trinajstić information content (AvgIpc) is 2.20. The number of halogens is 1. The number of hydrogen-bond donors (Lipinski definition) is 2. The smallest absolute Gasteiger partial charge is 0.337 e.